The molecule has 5 rings (SSSR count). The number of anilines is 1. The van der Waals surface area contributed by atoms with Gasteiger partial charge in [-0.25, -0.2) is 19.1 Å². The largest absolute Gasteiger partial charge is 0.478 e. The number of carbonyl (C=O) groups is 1. The predicted octanol–water partition coefficient (Wildman–Crippen LogP) is 4.96. The van der Waals surface area contributed by atoms with Crippen LogP contribution in [0.3, 0.4) is 0 Å². The van der Waals surface area contributed by atoms with E-state index in [0.29, 0.717) is 22.5 Å². The number of aromatic carboxylic acids is 1. The maximum atomic E-state index is 11.2. The van der Waals surface area contributed by atoms with Gasteiger partial charge in [-0.15, -0.1) is 0 Å². The van der Waals surface area contributed by atoms with E-state index in [-0.39, 0.29) is 17.1 Å². The second-order valence-electron chi connectivity index (χ2n) is 7.28. The first-order valence-electron chi connectivity index (χ1n) is 9.97. The lowest BCUT2D eigenvalue weighted by Gasteiger charge is -2.10. The first kappa shape index (κ1) is 19.9. The Kier molecular flexibility index (Phi) is 4.77. The van der Waals surface area contributed by atoms with Gasteiger partial charge in [-0.05, 0) is 23.8 Å². The van der Waals surface area contributed by atoms with Crippen LogP contribution in [0.2, 0.25) is 0 Å². The Morgan fingerprint density at radius 2 is 1.67 bits per heavy atom. The zero-order valence-corrected chi connectivity index (χ0v) is 17.2. The fourth-order valence-electron chi connectivity index (χ4n) is 3.63. The van der Waals surface area contributed by atoms with E-state index in [1.165, 1.54) is 16.6 Å². The van der Waals surface area contributed by atoms with E-state index in [9.17, 15) is 4.79 Å². The van der Waals surface area contributed by atoms with Crippen LogP contribution in [0.4, 0.5) is 11.5 Å². The molecule has 0 fully saturated rings. The number of rotatable bonds is 4. The quantitative estimate of drug-likeness (QED) is 0.389. The molecule has 0 unspecified atom stereocenters. The first-order chi connectivity index (χ1) is 16.1. The summed E-state index contributed by atoms with van der Waals surface area (Å²) in [6.07, 6.45) is 3.39. The van der Waals surface area contributed by atoms with Crippen LogP contribution in [-0.4, -0.2) is 30.7 Å². The molecule has 0 bridgehead atoms. The van der Waals surface area contributed by atoms with E-state index >= 15 is 0 Å². The number of hydrogen-bond donors (Lipinski definition) is 2. The van der Waals surface area contributed by atoms with Crippen LogP contribution in [0.15, 0.2) is 79.1 Å². The van der Waals surface area contributed by atoms with Gasteiger partial charge in [0.1, 0.15) is 5.82 Å². The van der Waals surface area contributed by atoms with Crippen molar-refractivity contribution >= 4 is 23.1 Å². The van der Waals surface area contributed by atoms with Crippen molar-refractivity contribution in [2.45, 2.75) is 0 Å². The third-order valence-electron chi connectivity index (χ3n) is 5.32. The normalized spacial score (nSPS) is 10.8. The predicted molar refractivity (Wildman–Crippen MR) is 125 cm³/mol. The van der Waals surface area contributed by atoms with Crippen LogP contribution in [0.25, 0.3) is 44.1 Å². The van der Waals surface area contributed by atoms with Crippen molar-refractivity contribution in [1.29, 1.82) is 0 Å². The molecule has 3 N–H and O–H groups in total. The van der Waals surface area contributed by atoms with E-state index < -0.39 is 5.97 Å². The van der Waals surface area contributed by atoms with Crippen molar-refractivity contribution in [1.82, 2.24) is 19.6 Å². The van der Waals surface area contributed by atoms with Crippen LogP contribution in [0.1, 0.15) is 10.4 Å². The highest BCUT2D eigenvalue weighted by atomic mass is 16.4. The van der Waals surface area contributed by atoms with Gasteiger partial charge in [0, 0.05) is 22.9 Å². The standard InChI is InChI=1S/C25H16N6O2/c1-27-22-21(16-7-9-17(10-8-16)25(32)33)30-24-19(14-29-31(24)23(22)26)18-11-12-20(28-13-18)15-5-3-2-4-6-15/h2-14H,26H2,(H,32,33). The van der Waals surface area contributed by atoms with Crippen LogP contribution in [0.5, 0.6) is 0 Å². The number of carboxylic acids is 1. The minimum Gasteiger partial charge on any atom is -0.478 e. The van der Waals surface area contributed by atoms with Crippen LogP contribution in [0, 0.1) is 6.57 Å². The maximum absolute atomic E-state index is 11.2. The topological polar surface area (TPSA) is 111 Å². The summed E-state index contributed by atoms with van der Waals surface area (Å²) < 4.78 is 1.43. The SMILES string of the molecule is [C-]#[N+]c1c(-c2ccc(C(=O)O)cc2)nc2c(-c3ccc(-c4ccccc4)nc3)cnn2c1N. The summed E-state index contributed by atoms with van der Waals surface area (Å²) in [5.41, 5.74) is 11.4. The molecule has 0 spiro atoms. The summed E-state index contributed by atoms with van der Waals surface area (Å²) in [5, 5.41) is 13.5. The number of aromatic nitrogens is 4. The zero-order chi connectivity index (χ0) is 22.9. The summed E-state index contributed by atoms with van der Waals surface area (Å²) in [5.74, 6) is -0.869. The Hall–Kier alpha value is -5.03. The van der Waals surface area contributed by atoms with E-state index in [0.717, 1.165) is 16.8 Å². The summed E-state index contributed by atoms with van der Waals surface area (Å²) in [4.78, 5) is 24.0. The molecule has 0 amide bonds. The van der Waals surface area contributed by atoms with Crippen LogP contribution in [-0.2, 0) is 0 Å². The van der Waals surface area contributed by atoms with Gasteiger partial charge in [0.2, 0.25) is 0 Å². The second-order valence-corrected chi connectivity index (χ2v) is 7.28. The molecule has 158 valence electrons. The Labute approximate surface area is 188 Å². The number of pyridine rings is 1. The Bertz CT molecular complexity index is 1530. The Balaban J connectivity index is 1.63. The zero-order valence-electron chi connectivity index (χ0n) is 17.2. The second kappa shape index (κ2) is 7.90. The molecule has 2 aromatic carbocycles. The summed E-state index contributed by atoms with van der Waals surface area (Å²) in [6.45, 7) is 7.60. The average Bonchev–Trinajstić information content (AvgIpc) is 3.29. The van der Waals surface area contributed by atoms with Crippen LogP contribution >= 0.6 is 0 Å². The van der Waals surface area contributed by atoms with E-state index in [2.05, 4.69) is 14.9 Å². The van der Waals surface area contributed by atoms with Crippen molar-refractivity contribution in [3.8, 4) is 33.6 Å². The molecular formula is C25H16N6O2. The molecule has 33 heavy (non-hydrogen) atoms. The third kappa shape index (κ3) is 3.43. The number of nitrogen functional groups attached to an aromatic ring is 1. The molecule has 3 heterocycles. The maximum Gasteiger partial charge on any atom is 0.335 e. The Morgan fingerprint density at radius 3 is 2.30 bits per heavy atom. The molecule has 0 aliphatic carbocycles. The van der Waals surface area contributed by atoms with Gasteiger partial charge < -0.3 is 10.8 Å². The highest BCUT2D eigenvalue weighted by molar-refractivity contribution is 5.91. The van der Waals surface area contributed by atoms with Gasteiger partial charge in [-0.2, -0.15) is 5.10 Å². The molecular weight excluding hydrogens is 416 g/mol. The Morgan fingerprint density at radius 1 is 0.939 bits per heavy atom. The number of fused-ring (bicyclic) bond motifs is 1. The van der Waals surface area contributed by atoms with Gasteiger partial charge in [-0.3, -0.25) is 4.98 Å². The fourth-order valence-corrected chi connectivity index (χ4v) is 3.63. The molecule has 0 radical (unpaired) electrons. The lowest BCUT2D eigenvalue weighted by atomic mass is 10.1. The highest BCUT2D eigenvalue weighted by Crippen LogP contribution is 2.37. The molecule has 0 saturated carbocycles. The molecule has 0 saturated heterocycles. The number of carboxylic acid groups (broad SMARTS) is 1. The molecule has 0 aliphatic rings. The number of hydrogen-bond acceptors (Lipinski definition) is 5. The van der Waals surface area contributed by atoms with Crippen molar-refractivity contribution in [3.63, 3.8) is 0 Å². The molecule has 0 atom stereocenters. The smallest absolute Gasteiger partial charge is 0.335 e. The minimum atomic E-state index is -1.03. The van der Waals surface area contributed by atoms with Crippen molar-refractivity contribution in [2.75, 3.05) is 5.73 Å². The molecule has 8 heteroatoms. The van der Waals surface area contributed by atoms with Crippen molar-refractivity contribution in [2.24, 2.45) is 0 Å². The van der Waals surface area contributed by atoms with Gasteiger partial charge in [-0.1, -0.05) is 48.5 Å². The molecule has 8 nitrogen and oxygen atoms in total. The van der Waals surface area contributed by atoms with E-state index in [4.69, 9.17) is 22.4 Å². The number of nitrogens with two attached hydrogens (primary N) is 1. The molecule has 3 aromatic heterocycles. The van der Waals surface area contributed by atoms with E-state index in [1.807, 2.05) is 42.5 Å². The van der Waals surface area contributed by atoms with Gasteiger partial charge in [0.05, 0.1) is 29.7 Å². The average molecular weight is 432 g/mol. The summed E-state index contributed by atoms with van der Waals surface area (Å²) in [6, 6.07) is 19.9. The minimum absolute atomic E-state index is 0.145. The molecule has 5 aromatic rings. The molecule has 0 aliphatic heterocycles. The lowest BCUT2D eigenvalue weighted by molar-refractivity contribution is 0.0697. The number of benzene rings is 2. The van der Waals surface area contributed by atoms with E-state index in [1.54, 1.807) is 24.5 Å². The third-order valence-corrected chi connectivity index (χ3v) is 5.32. The van der Waals surface area contributed by atoms with Crippen molar-refractivity contribution in [3.05, 3.63) is 96.1 Å². The van der Waals surface area contributed by atoms with Crippen molar-refractivity contribution < 1.29 is 9.90 Å². The summed E-state index contributed by atoms with van der Waals surface area (Å²) >= 11 is 0. The first-order valence-corrected chi connectivity index (χ1v) is 9.97. The summed E-state index contributed by atoms with van der Waals surface area (Å²) in [7, 11) is 0. The highest BCUT2D eigenvalue weighted by Gasteiger charge is 2.19. The van der Waals surface area contributed by atoms with Gasteiger partial charge in [0.25, 0.3) is 5.69 Å². The lowest BCUT2D eigenvalue weighted by Crippen LogP contribution is -2.03. The van der Waals surface area contributed by atoms with Gasteiger partial charge >= 0.3 is 5.97 Å². The van der Waals surface area contributed by atoms with Crippen LogP contribution < -0.4 is 5.73 Å². The monoisotopic (exact) mass is 432 g/mol. The fraction of sp³-hybridized carbons (Fsp3) is 0. The van der Waals surface area contributed by atoms with Gasteiger partial charge in [0.15, 0.2) is 5.65 Å². The number of nitrogens with zero attached hydrogens (tertiary/aromatic N) is 5.